The Kier molecular flexibility index (Phi) is 4.26. The van der Waals surface area contributed by atoms with E-state index < -0.39 is 5.60 Å². The summed E-state index contributed by atoms with van der Waals surface area (Å²) in [6.45, 7) is 4.06. The van der Waals surface area contributed by atoms with Crippen LogP contribution < -0.4 is 0 Å². The Balaban J connectivity index is 1.90. The van der Waals surface area contributed by atoms with E-state index in [0.717, 1.165) is 33.2 Å². The molecule has 0 bridgehead atoms. The van der Waals surface area contributed by atoms with Gasteiger partial charge in [0.15, 0.2) is 0 Å². The molecule has 0 aliphatic rings. The molecule has 0 aliphatic carbocycles. The Labute approximate surface area is 174 Å². The molecule has 5 rings (SSSR count). The van der Waals surface area contributed by atoms with E-state index in [2.05, 4.69) is 9.97 Å². The number of hydrogen-bond acceptors (Lipinski definition) is 5. The van der Waals surface area contributed by atoms with Crippen LogP contribution in [0.5, 0.6) is 0 Å². The summed E-state index contributed by atoms with van der Waals surface area (Å²) in [6, 6.07) is 19.4. The number of aromatic nitrogens is 4. The molecular formula is C25H20N4O. The molecule has 0 amide bonds. The van der Waals surface area contributed by atoms with Gasteiger partial charge in [-0.1, -0.05) is 42.5 Å². The number of nitrogens with zero attached hydrogens (tertiary/aromatic N) is 4. The molecule has 0 aliphatic heterocycles. The Hall–Kier alpha value is -3.70. The normalized spacial score (nSPS) is 13.4. The van der Waals surface area contributed by atoms with Crippen LogP contribution in [0.3, 0.4) is 0 Å². The summed E-state index contributed by atoms with van der Waals surface area (Å²) in [5, 5.41) is 12.4. The number of hydrogen-bond donors (Lipinski definition) is 1. The first-order chi connectivity index (χ1) is 14.6. The van der Waals surface area contributed by atoms with Crippen LogP contribution in [0.4, 0.5) is 0 Å². The van der Waals surface area contributed by atoms with E-state index in [9.17, 15) is 5.11 Å². The maximum absolute atomic E-state index is 12.4. The average Bonchev–Trinajstić information content (AvgIpc) is 2.79. The lowest BCUT2D eigenvalue weighted by Crippen LogP contribution is -2.31. The quantitative estimate of drug-likeness (QED) is 0.459. The third-order valence-corrected chi connectivity index (χ3v) is 5.73. The summed E-state index contributed by atoms with van der Waals surface area (Å²) in [7, 11) is 0. The van der Waals surface area contributed by atoms with Crippen molar-refractivity contribution >= 4 is 22.1 Å². The molecule has 0 radical (unpaired) electrons. The Morgan fingerprint density at radius 3 is 2.10 bits per heavy atom. The van der Waals surface area contributed by atoms with Gasteiger partial charge in [-0.3, -0.25) is 0 Å². The van der Waals surface area contributed by atoms with Gasteiger partial charge in [-0.25, -0.2) is 19.9 Å². The predicted molar refractivity (Wildman–Crippen MR) is 117 cm³/mol. The minimum Gasteiger partial charge on any atom is -0.376 e. The second-order valence-corrected chi connectivity index (χ2v) is 7.47. The molecule has 5 nitrogen and oxygen atoms in total. The highest BCUT2D eigenvalue weighted by molar-refractivity contribution is 5.89. The molecule has 1 atom stereocenters. The second-order valence-electron chi connectivity index (χ2n) is 7.47. The van der Waals surface area contributed by atoms with E-state index >= 15 is 0 Å². The summed E-state index contributed by atoms with van der Waals surface area (Å²) in [5.41, 5.74) is 5.63. The lowest BCUT2D eigenvalue weighted by Gasteiger charge is -2.31. The molecule has 1 N–H and O–H groups in total. The molecule has 2 heterocycles. The number of benzene rings is 3. The minimum atomic E-state index is -1.48. The number of para-hydroxylation sites is 3. The lowest BCUT2D eigenvalue weighted by molar-refractivity contribution is 0.125. The molecule has 2 aromatic heterocycles. The second kappa shape index (κ2) is 6.97. The van der Waals surface area contributed by atoms with Crippen molar-refractivity contribution in [3.8, 4) is 0 Å². The monoisotopic (exact) mass is 392 g/mol. The van der Waals surface area contributed by atoms with Crippen LogP contribution in [-0.4, -0.2) is 25.0 Å². The third kappa shape index (κ3) is 2.75. The molecule has 5 aromatic rings. The summed E-state index contributed by atoms with van der Waals surface area (Å²) >= 11 is 0. The largest absolute Gasteiger partial charge is 0.376 e. The van der Waals surface area contributed by atoms with Crippen LogP contribution in [-0.2, 0) is 5.60 Å². The standard InChI is InChI=1S/C25H20N4O/c1-16-7-5-8-19(17(16)2)25(30,18-13-26-15-27-14-18)20-9-6-12-23-24(20)29-22-11-4-3-10-21(22)28-23/h3-15,30H,1-2H3. The van der Waals surface area contributed by atoms with Crippen LogP contribution in [0.2, 0.25) is 0 Å². The van der Waals surface area contributed by atoms with E-state index in [-0.39, 0.29) is 0 Å². The molecular weight excluding hydrogens is 372 g/mol. The first-order valence-corrected chi connectivity index (χ1v) is 9.79. The number of aliphatic hydroxyl groups is 1. The zero-order valence-electron chi connectivity index (χ0n) is 16.7. The molecule has 30 heavy (non-hydrogen) atoms. The fourth-order valence-corrected chi connectivity index (χ4v) is 4.02. The Morgan fingerprint density at radius 1 is 0.700 bits per heavy atom. The highest BCUT2D eigenvalue weighted by Crippen LogP contribution is 2.41. The zero-order chi connectivity index (χ0) is 20.7. The van der Waals surface area contributed by atoms with Gasteiger partial charge in [-0.05, 0) is 48.7 Å². The number of rotatable bonds is 3. The van der Waals surface area contributed by atoms with Gasteiger partial charge in [0.25, 0.3) is 0 Å². The van der Waals surface area contributed by atoms with Gasteiger partial charge >= 0.3 is 0 Å². The SMILES string of the molecule is Cc1cccc(C(O)(c2cncnc2)c2cccc3nc4ccccc4nc23)c1C. The van der Waals surface area contributed by atoms with Gasteiger partial charge in [0.05, 0.1) is 22.1 Å². The smallest absolute Gasteiger partial charge is 0.145 e. The molecule has 0 saturated carbocycles. The Bertz CT molecular complexity index is 1380. The van der Waals surface area contributed by atoms with E-state index in [1.54, 1.807) is 12.4 Å². The van der Waals surface area contributed by atoms with Gasteiger partial charge in [-0.2, -0.15) is 0 Å². The van der Waals surface area contributed by atoms with Gasteiger partial charge in [-0.15, -0.1) is 0 Å². The topological polar surface area (TPSA) is 71.8 Å². The van der Waals surface area contributed by atoms with Crippen molar-refractivity contribution in [1.82, 2.24) is 19.9 Å². The van der Waals surface area contributed by atoms with Gasteiger partial charge < -0.3 is 5.11 Å². The van der Waals surface area contributed by atoms with Crippen molar-refractivity contribution in [1.29, 1.82) is 0 Å². The van der Waals surface area contributed by atoms with Crippen LogP contribution in [0.15, 0.2) is 79.4 Å². The average molecular weight is 392 g/mol. The predicted octanol–water partition coefficient (Wildman–Crippen LogP) is 4.47. The number of aryl methyl sites for hydroxylation is 1. The lowest BCUT2D eigenvalue weighted by atomic mass is 9.78. The van der Waals surface area contributed by atoms with Crippen molar-refractivity contribution < 1.29 is 5.11 Å². The van der Waals surface area contributed by atoms with Gasteiger partial charge in [0.2, 0.25) is 0 Å². The van der Waals surface area contributed by atoms with Gasteiger partial charge in [0.1, 0.15) is 11.9 Å². The van der Waals surface area contributed by atoms with Crippen molar-refractivity contribution in [3.63, 3.8) is 0 Å². The highest BCUT2D eigenvalue weighted by Gasteiger charge is 2.38. The van der Waals surface area contributed by atoms with Crippen molar-refractivity contribution in [2.45, 2.75) is 19.4 Å². The van der Waals surface area contributed by atoms with E-state index in [4.69, 9.17) is 9.97 Å². The molecule has 3 aromatic carbocycles. The molecule has 5 heteroatoms. The molecule has 0 fully saturated rings. The van der Waals surface area contributed by atoms with Crippen molar-refractivity contribution in [3.05, 3.63) is 107 Å². The highest BCUT2D eigenvalue weighted by atomic mass is 16.3. The van der Waals surface area contributed by atoms with Crippen molar-refractivity contribution in [2.24, 2.45) is 0 Å². The van der Waals surface area contributed by atoms with Crippen LogP contribution >= 0.6 is 0 Å². The number of fused-ring (bicyclic) bond motifs is 2. The van der Waals surface area contributed by atoms with Crippen LogP contribution in [0.25, 0.3) is 22.1 Å². The summed E-state index contributed by atoms with van der Waals surface area (Å²) in [4.78, 5) is 18.0. The fourth-order valence-electron chi connectivity index (χ4n) is 4.02. The molecule has 146 valence electrons. The first-order valence-electron chi connectivity index (χ1n) is 9.79. The summed E-state index contributed by atoms with van der Waals surface area (Å²) in [6.07, 6.45) is 4.77. The molecule has 0 saturated heterocycles. The minimum absolute atomic E-state index is 0.584. The first kappa shape index (κ1) is 18.3. The summed E-state index contributed by atoms with van der Waals surface area (Å²) < 4.78 is 0. The van der Waals surface area contributed by atoms with E-state index in [1.807, 2.05) is 74.5 Å². The zero-order valence-corrected chi connectivity index (χ0v) is 16.7. The third-order valence-electron chi connectivity index (χ3n) is 5.73. The fraction of sp³-hybridized carbons (Fsp3) is 0.120. The molecule has 1 unspecified atom stereocenters. The summed E-state index contributed by atoms with van der Waals surface area (Å²) in [5.74, 6) is 0. The van der Waals surface area contributed by atoms with E-state index in [1.165, 1.54) is 6.33 Å². The maximum Gasteiger partial charge on any atom is 0.145 e. The van der Waals surface area contributed by atoms with Gasteiger partial charge in [0, 0.05) is 23.5 Å². The molecule has 0 spiro atoms. The maximum atomic E-state index is 12.4. The van der Waals surface area contributed by atoms with Crippen LogP contribution in [0, 0.1) is 13.8 Å². The van der Waals surface area contributed by atoms with E-state index in [0.29, 0.717) is 16.6 Å². The van der Waals surface area contributed by atoms with Crippen LogP contribution in [0.1, 0.15) is 27.8 Å². The van der Waals surface area contributed by atoms with Crippen molar-refractivity contribution in [2.75, 3.05) is 0 Å². The Morgan fingerprint density at radius 2 is 1.33 bits per heavy atom.